The topological polar surface area (TPSA) is 69.0 Å². The SMILES string of the molecule is C[C@@H](On1nnc2ccc(Cl)cc21)C(=O)Nc1ccccc1F. The highest BCUT2D eigenvalue weighted by atomic mass is 35.5. The Morgan fingerprint density at radius 1 is 1.35 bits per heavy atom. The fourth-order valence-corrected chi connectivity index (χ4v) is 2.11. The first kappa shape index (κ1) is 15.2. The second-order valence-corrected chi connectivity index (χ2v) is 5.25. The number of nitrogens with zero attached hydrogens (tertiary/aromatic N) is 3. The number of fused-ring (bicyclic) bond motifs is 1. The minimum Gasteiger partial charge on any atom is -0.382 e. The molecule has 0 unspecified atom stereocenters. The maximum absolute atomic E-state index is 13.5. The lowest BCUT2D eigenvalue weighted by Crippen LogP contribution is -2.35. The molecular weight excluding hydrogens is 323 g/mol. The Hall–Kier alpha value is -2.67. The van der Waals surface area contributed by atoms with Gasteiger partial charge in [0.05, 0.1) is 5.69 Å². The van der Waals surface area contributed by atoms with Crippen LogP contribution in [-0.2, 0) is 4.79 Å². The molecule has 0 radical (unpaired) electrons. The molecule has 1 atom stereocenters. The number of carbonyl (C=O) groups excluding carboxylic acids is 1. The Kier molecular flexibility index (Phi) is 4.12. The predicted octanol–water partition coefficient (Wildman–Crippen LogP) is 2.68. The van der Waals surface area contributed by atoms with Crippen LogP contribution in [0.1, 0.15) is 6.92 Å². The number of hydrogen-bond donors (Lipinski definition) is 1. The molecule has 6 nitrogen and oxygen atoms in total. The van der Waals surface area contributed by atoms with Gasteiger partial charge in [0.15, 0.2) is 0 Å². The van der Waals surface area contributed by atoms with Crippen molar-refractivity contribution in [3.63, 3.8) is 0 Å². The molecule has 1 amide bonds. The Balaban J connectivity index is 1.75. The fourth-order valence-electron chi connectivity index (χ4n) is 1.94. The minimum atomic E-state index is -0.918. The lowest BCUT2D eigenvalue weighted by atomic mass is 10.3. The third-order valence-electron chi connectivity index (χ3n) is 3.14. The predicted molar refractivity (Wildman–Crippen MR) is 83.6 cm³/mol. The van der Waals surface area contributed by atoms with Crippen LogP contribution in [0.5, 0.6) is 0 Å². The van der Waals surface area contributed by atoms with Gasteiger partial charge in [0.2, 0.25) is 6.10 Å². The van der Waals surface area contributed by atoms with Crippen LogP contribution in [0.4, 0.5) is 10.1 Å². The van der Waals surface area contributed by atoms with Crippen LogP contribution < -0.4 is 10.2 Å². The van der Waals surface area contributed by atoms with Crippen molar-refractivity contribution in [2.75, 3.05) is 5.32 Å². The molecule has 1 N–H and O–H groups in total. The summed E-state index contributed by atoms with van der Waals surface area (Å²) in [5, 5.41) is 10.7. The van der Waals surface area contributed by atoms with Gasteiger partial charge in [-0.2, -0.15) is 0 Å². The van der Waals surface area contributed by atoms with Gasteiger partial charge < -0.3 is 10.2 Å². The molecule has 2 aromatic carbocycles. The van der Waals surface area contributed by atoms with E-state index < -0.39 is 17.8 Å². The van der Waals surface area contributed by atoms with Gasteiger partial charge in [0.1, 0.15) is 16.9 Å². The number of hydrogen-bond acceptors (Lipinski definition) is 4. The average molecular weight is 335 g/mol. The standard InChI is InChI=1S/C15H12ClFN4O2/c1-9(15(22)18-12-5-3-2-4-11(12)17)23-21-14-8-10(16)6-7-13(14)19-20-21/h2-9H,1H3,(H,18,22)/t9-/m1/s1. The summed E-state index contributed by atoms with van der Waals surface area (Å²) < 4.78 is 13.5. The molecule has 3 rings (SSSR count). The number of para-hydroxylation sites is 1. The van der Waals surface area contributed by atoms with E-state index in [1.807, 2.05) is 0 Å². The molecule has 1 aromatic heterocycles. The Morgan fingerprint density at radius 2 is 2.13 bits per heavy atom. The average Bonchev–Trinajstić information content (AvgIpc) is 2.91. The highest BCUT2D eigenvalue weighted by Gasteiger charge is 2.18. The number of nitrogens with one attached hydrogen (secondary N) is 1. The number of benzene rings is 2. The molecule has 0 bridgehead atoms. The van der Waals surface area contributed by atoms with Crippen molar-refractivity contribution >= 4 is 34.2 Å². The summed E-state index contributed by atoms with van der Waals surface area (Å²) in [5.74, 6) is -1.04. The zero-order chi connectivity index (χ0) is 16.4. The van der Waals surface area contributed by atoms with E-state index in [1.165, 1.54) is 25.1 Å². The monoisotopic (exact) mass is 334 g/mol. The van der Waals surface area contributed by atoms with E-state index in [1.54, 1.807) is 24.3 Å². The number of rotatable bonds is 4. The van der Waals surface area contributed by atoms with Crippen molar-refractivity contribution in [2.45, 2.75) is 13.0 Å². The summed E-state index contributed by atoms with van der Waals surface area (Å²) in [4.78, 5) is 18.7. The molecule has 8 heteroatoms. The van der Waals surface area contributed by atoms with Crippen LogP contribution in [0.3, 0.4) is 0 Å². The molecule has 0 spiro atoms. The maximum atomic E-state index is 13.5. The Bertz CT molecular complexity index is 868. The van der Waals surface area contributed by atoms with Gasteiger partial charge in [-0.3, -0.25) is 4.79 Å². The highest BCUT2D eigenvalue weighted by Crippen LogP contribution is 2.17. The Morgan fingerprint density at radius 3 is 2.91 bits per heavy atom. The Labute approximate surface area is 135 Å². The van der Waals surface area contributed by atoms with Gasteiger partial charge in [-0.15, -0.1) is 5.10 Å². The number of carbonyl (C=O) groups is 1. The van der Waals surface area contributed by atoms with Crippen molar-refractivity contribution in [3.8, 4) is 0 Å². The first-order chi connectivity index (χ1) is 11.0. The minimum absolute atomic E-state index is 0.0828. The molecular formula is C15H12ClFN4O2. The second-order valence-electron chi connectivity index (χ2n) is 4.81. The van der Waals surface area contributed by atoms with Gasteiger partial charge in [-0.05, 0) is 42.5 Å². The third kappa shape index (κ3) is 3.24. The van der Waals surface area contributed by atoms with Gasteiger partial charge in [-0.25, -0.2) is 4.39 Å². The highest BCUT2D eigenvalue weighted by molar-refractivity contribution is 6.31. The van der Waals surface area contributed by atoms with Gasteiger partial charge in [0, 0.05) is 5.02 Å². The van der Waals surface area contributed by atoms with Crippen LogP contribution in [-0.4, -0.2) is 27.2 Å². The summed E-state index contributed by atoms with van der Waals surface area (Å²) in [7, 11) is 0. The number of anilines is 1. The molecule has 0 aliphatic rings. The maximum Gasteiger partial charge on any atom is 0.268 e. The molecule has 3 aromatic rings. The number of amides is 1. The van der Waals surface area contributed by atoms with Crippen LogP contribution in [0.2, 0.25) is 5.02 Å². The van der Waals surface area contributed by atoms with Gasteiger partial charge in [-0.1, -0.05) is 28.6 Å². The zero-order valence-electron chi connectivity index (χ0n) is 12.0. The summed E-state index contributed by atoms with van der Waals surface area (Å²) in [6.45, 7) is 1.52. The molecule has 0 saturated carbocycles. The third-order valence-corrected chi connectivity index (χ3v) is 3.37. The van der Waals surface area contributed by atoms with E-state index in [4.69, 9.17) is 16.4 Å². The van der Waals surface area contributed by atoms with Gasteiger partial charge >= 0.3 is 0 Å². The number of halogens is 2. The molecule has 1 heterocycles. The number of aromatic nitrogens is 3. The van der Waals surface area contributed by atoms with Crippen molar-refractivity contribution in [3.05, 3.63) is 53.3 Å². The second kappa shape index (κ2) is 6.21. The summed E-state index contributed by atoms with van der Waals surface area (Å²) in [6.07, 6.45) is -0.918. The zero-order valence-corrected chi connectivity index (χ0v) is 12.8. The van der Waals surface area contributed by atoms with E-state index in [0.717, 1.165) is 4.85 Å². The van der Waals surface area contributed by atoms with Crippen molar-refractivity contribution in [2.24, 2.45) is 0 Å². The van der Waals surface area contributed by atoms with Crippen LogP contribution in [0, 0.1) is 5.82 Å². The summed E-state index contributed by atoms with van der Waals surface area (Å²) in [6, 6.07) is 10.9. The van der Waals surface area contributed by atoms with E-state index >= 15 is 0 Å². The largest absolute Gasteiger partial charge is 0.382 e. The molecule has 23 heavy (non-hydrogen) atoms. The molecule has 0 aliphatic carbocycles. The smallest absolute Gasteiger partial charge is 0.268 e. The van der Waals surface area contributed by atoms with E-state index in [0.29, 0.717) is 16.1 Å². The lowest BCUT2D eigenvalue weighted by molar-refractivity contribution is -0.127. The summed E-state index contributed by atoms with van der Waals surface area (Å²) in [5.41, 5.74) is 1.19. The van der Waals surface area contributed by atoms with Crippen LogP contribution in [0.15, 0.2) is 42.5 Å². The normalized spacial score (nSPS) is 12.1. The molecule has 118 valence electrons. The quantitative estimate of drug-likeness (QED) is 0.796. The fraction of sp³-hybridized carbons (Fsp3) is 0.133. The molecule has 0 saturated heterocycles. The van der Waals surface area contributed by atoms with Crippen molar-refractivity contribution in [1.29, 1.82) is 0 Å². The first-order valence-electron chi connectivity index (χ1n) is 6.78. The first-order valence-corrected chi connectivity index (χ1v) is 7.16. The molecule has 0 fully saturated rings. The lowest BCUT2D eigenvalue weighted by Gasteiger charge is -2.14. The van der Waals surface area contributed by atoms with E-state index in [-0.39, 0.29) is 5.69 Å². The van der Waals surface area contributed by atoms with Crippen LogP contribution >= 0.6 is 11.6 Å². The van der Waals surface area contributed by atoms with E-state index in [2.05, 4.69) is 15.6 Å². The van der Waals surface area contributed by atoms with Crippen LogP contribution in [0.25, 0.3) is 11.0 Å². The molecule has 0 aliphatic heterocycles. The summed E-state index contributed by atoms with van der Waals surface area (Å²) >= 11 is 5.93. The van der Waals surface area contributed by atoms with Gasteiger partial charge in [0.25, 0.3) is 5.91 Å². The van der Waals surface area contributed by atoms with E-state index in [9.17, 15) is 9.18 Å². The van der Waals surface area contributed by atoms with Crippen molar-refractivity contribution < 1.29 is 14.0 Å². The van der Waals surface area contributed by atoms with Crippen molar-refractivity contribution in [1.82, 2.24) is 15.2 Å².